The SMILES string of the molecule is O=C1CC[C@@H](C(=O)N2CCC[C@H]2c2noc(C3CC3)n2)N1. The summed E-state index contributed by atoms with van der Waals surface area (Å²) in [5.41, 5.74) is 0. The van der Waals surface area contributed by atoms with Gasteiger partial charge in [-0.05, 0) is 32.1 Å². The lowest BCUT2D eigenvalue weighted by Crippen LogP contribution is -2.44. The van der Waals surface area contributed by atoms with Crippen molar-refractivity contribution < 1.29 is 14.1 Å². The molecule has 3 aliphatic rings. The first-order valence-corrected chi connectivity index (χ1v) is 7.66. The van der Waals surface area contributed by atoms with E-state index in [1.165, 1.54) is 0 Å². The number of aromatic nitrogens is 2. The molecule has 0 unspecified atom stereocenters. The predicted molar refractivity (Wildman–Crippen MR) is 71.1 cm³/mol. The van der Waals surface area contributed by atoms with Crippen LogP contribution in [-0.4, -0.2) is 39.4 Å². The lowest BCUT2D eigenvalue weighted by molar-refractivity contribution is -0.135. The van der Waals surface area contributed by atoms with E-state index in [9.17, 15) is 9.59 Å². The highest BCUT2D eigenvalue weighted by atomic mass is 16.5. The monoisotopic (exact) mass is 290 g/mol. The summed E-state index contributed by atoms with van der Waals surface area (Å²) in [5, 5.41) is 6.81. The molecule has 1 aromatic heterocycles. The molecule has 2 amide bonds. The Hall–Kier alpha value is -1.92. The van der Waals surface area contributed by atoms with Crippen LogP contribution in [0.1, 0.15) is 62.2 Å². The number of amides is 2. The maximum absolute atomic E-state index is 12.6. The van der Waals surface area contributed by atoms with Crippen LogP contribution in [0.3, 0.4) is 0 Å². The fraction of sp³-hybridized carbons (Fsp3) is 0.714. The van der Waals surface area contributed by atoms with Gasteiger partial charge in [-0.3, -0.25) is 9.59 Å². The maximum Gasteiger partial charge on any atom is 0.245 e. The van der Waals surface area contributed by atoms with Crippen LogP contribution >= 0.6 is 0 Å². The lowest BCUT2D eigenvalue weighted by atomic mass is 10.1. The summed E-state index contributed by atoms with van der Waals surface area (Å²) in [6, 6.07) is -0.487. The fourth-order valence-electron chi connectivity index (χ4n) is 3.18. The average molecular weight is 290 g/mol. The highest BCUT2D eigenvalue weighted by Gasteiger charge is 2.39. The largest absolute Gasteiger partial charge is 0.344 e. The van der Waals surface area contributed by atoms with E-state index in [-0.39, 0.29) is 23.9 Å². The van der Waals surface area contributed by atoms with Gasteiger partial charge < -0.3 is 14.7 Å². The standard InChI is InChI=1S/C14H18N4O3/c19-11-6-5-9(15-11)14(20)18-7-1-2-10(18)12-16-13(21-17-12)8-3-4-8/h8-10H,1-7H2,(H,15,19)/t9-,10-/m0/s1. The summed E-state index contributed by atoms with van der Waals surface area (Å²) >= 11 is 0. The fourth-order valence-corrected chi connectivity index (χ4v) is 3.18. The first-order chi connectivity index (χ1) is 10.2. The third-order valence-electron chi connectivity index (χ3n) is 4.51. The molecule has 0 bridgehead atoms. The molecule has 2 aliphatic heterocycles. The van der Waals surface area contributed by atoms with E-state index >= 15 is 0 Å². The Bertz CT molecular complexity index is 581. The molecule has 3 heterocycles. The Morgan fingerprint density at radius 3 is 2.86 bits per heavy atom. The second-order valence-electron chi connectivity index (χ2n) is 6.11. The molecule has 3 fully saturated rings. The average Bonchev–Trinajstić information content (AvgIpc) is 2.94. The van der Waals surface area contributed by atoms with Crippen LogP contribution in [0.5, 0.6) is 0 Å². The summed E-state index contributed by atoms with van der Waals surface area (Å²) < 4.78 is 5.30. The molecule has 1 N–H and O–H groups in total. The molecule has 1 saturated carbocycles. The summed E-state index contributed by atoms with van der Waals surface area (Å²) in [4.78, 5) is 30.1. The Morgan fingerprint density at radius 1 is 1.29 bits per heavy atom. The van der Waals surface area contributed by atoms with Crippen LogP contribution < -0.4 is 5.32 Å². The van der Waals surface area contributed by atoms with Gasteiger partial charge in [-0.1, -0.05) is 5.16 Å². The normalized spacial score (nSPS) is 29.0. The molecule has 0 radical (unpaired) electrons. The smallest absolute Gasteiger partial charge is 0.245 e. The van der Waals surface area contributed by atoms with Crippen LogP contribution in [0.4, 0.5) is 0 Å². The second kappa shape index (κ2) is 4.82. The third-order valence-corrected chi connectivity index (χ3v) is 4.51. The maximum atomic E-state index is 12.6. The third kappa shape index (κ3) is 2.30. The Morgan fingerprint density at radius 2 is 2.14 bits per heavy atom. The number of carbonyl (C=O) groups excluding carboxylic acids is 2. The Kier molecular flexibility index (Phi) is 2.94. The minimum absolute atomic E-state index is 0.0129. The van der Waals surface area contributed by atoms with Crippen molar-refractivity contribution in [3.8, 4) is 0 Å². The van der Waals surface area contributed by atoms with Gasteiger partial charge in [0.2, 0.25) is 17.7 Å². The molecule has 0 spiro atoms. The van der Waals surface area contributed by atoms with Gasteiger partial charge in [-0.25, -0.2) is 0 Å². The molecule has 2 atom stereocenters. The number of likely N-dealkylation sites (tertiary alicyclic amines) is 1. The molecule has 7 heteroatoms. The van der Waals surface area contributed by atoms with Gasteiger partial charge in [0, 0.05) is 18.9 Å². The molecular weight excluding hydrogens is 272 g/mol. The van der Waals surface area contributed by atoms with Crippen molar-refractivity contribution in [2.24, 2.45) is 0 Å². The zero-order valence-electron chi connectivity index (χ0n) is 11.7. The van der Waals surface area contributed by atoms with Crippen LogP contribution in [0.15, 0.2) is 4.52 Å². The number of rotatable bonds is 3. The van der Waals surface area contributed by atoms with Gasteiger partial charge in [0.1, 0.15) is 6.04 Å². The zero-order chi connectivity index (χ0) is 14.4. The quantitative estimate of drug-likeness (QED) is 0.893. The molecule has 112 valence electrons. The van der Waals surface area contributed by atoms with Crippen LogP contribution in [0.25, 0.3) is 0 Å². The molecule has 1 aliphatic carbocycles. The van der Waals surface area contributed by atoms with Crippen LogP contribution in [0.2, 0.25) is 0 Å². The van der Waals surface area contributed by atoms with Crippen molar-refractivity contribution in [1.82, 2.24) is 20.4 Å². The van der Waals surface area contributed by atoms with E-state index in [2.05, 4.69) is 15.5 Å². The second-order valence-corrected chi connectivity index (χ2v) is 6.11. The number of carbonyl (C=O) groups is 2. The topological polar surface area (TPSA) is 88.3 Å². The van der Waals surface area contributed by atoms with Crippen LogP contribution in [0, 0.1) is 0 Å². The molecule has 4 rings (SSSR count). The van der Waals surface area contributed by atoms with Gasteiger partial charge in [-0.2, -0.15) is 4.98 Å². The molecule has 0 aromatic carbocycles. The van der Waals surface area contributed by atoms with Gasteiger partial charge in [-0.15, -0.1) is 0 Å². The van der Waals surface area contributed by atoms with Crippen molar-refractivity contribution in [2.75, 3.05) is 6.54 Å². The molecule has 2 saturated heterocycles. The first-order valence-electron chi connectivity index (χ1n) is 7.66. The van der Waals surface area contributed by atoms with E-state index in [4.69, 9.17) is 4.52 Å². The van der Waals surface area contributed by atoms with Crippen LogP contribution in [-0.2, 0) is 9.59 Å². The summed E-state index contributed by atoms with van der Waals surface area (Å²) in [6.45, 7) is 0.698. The molecule has 21 heavy (non-hydrogen) atoms. The van der Waals surface area contributed by atoms with Gasteiger partial charge in [0.15, 0.2) is 5.82 Å². The summed E-state index contributed by atoms with van der Waals surface area (Å²) in [6.07, 6.45) is 5.04. The van der Waals surface area contributed by atoms with Crippen molar-refractivity contribution in [1.29, 1.82) is 0 Å². The van der Waals surface area contributed by atoms with Crippen molar-refractivity contribution >= 4 is 11.8 Å². The number of nitrogens with one attached hydrogen (secondary N) is 1. The van der Waals surface area contributed by atoms with Crippen molar-refractivity contribution in [3.05, 3.63) is 11.7 Å². The van der Waals surface area contributed by atoms with E-state index < -0.39 is 0 Å². The summed E-state index contributed by atoms with van der Waals surface area (Å²) in [5.74, 6) is 1.69. The summed E-state index contributed by atoms with van der Waals surface area (Å²) in [7, 11) is 0. The Labute approximate surface area is 122 Å². The molecule has 7 nitrogen and oxygen atoms in total. The highest BCUT2D eigenvalue weighted by Crippen LogP contribution is 2.40. The van der Waals surface area contributed by atoms with E-state index in [1.54, 1.807) is 4.90 Å². The minimum atomic E-state index is -0.382. The van der Waals surface area contributed by atoms with E-state index in [0.29, 0.717) is 37.0 Å². The van der Waals surface area contributed by atoms with Gasteiger partial charge in [0.25, 0.3) is 0 Å². The van der Waals surface area contributed by atoms with E-state index in [1.807, 2.05) is 0 Å². The number of hydrogen-bond donors (Lipinski definition) is 1. The predicted octanol–water partition coefficient (Wildman–Crippen LogP) is 0.889. The highest BCUT2D eigenvalue weighted by molar-refractivity contribution is 5.91. The Balaban J connectivity index is 1.51. The van der Waals surface area contributed by atoms with Gasteiger partial charge in [0.05, 0.1) is 6.04 Å². The van der Waals surface area contributed by atoms with E-state index in [0.717, 1.165) is 25.7 Å². The lowest BCUT2D eigenvalue weighted by Gasteiger charge is -2.25. The zero-order valence-corrected chi connectivity index (χ0v) is 11.7. The minimum Gasteiger partial charge on any atom is -0.344 e. The molecule has 1 aromatic rings. The van der Waals surface area contributed by atoms with Gasteiger partial charge >= 0.3 is 0 Å². The molecular formula is C14H18N4O3. The first kappa shape index (κ1) is 12.8. The number of hydrogen-bond acceptors (Lipinski definition) is 5. The van der Waals surface area contributed by atoms with Crippen molar-refractivity contribution in [3.63, 3.8) is 0 Å². The number of nitrogens with zero attached hydrogens (tertiary/aromatic N) is 3. The van der Waals surface area contributed by atoms with Crippen molar-refractivity contribution in [2.45, 2.75) is 56.5 Å².